The lowest BCUT2D eigenvalue weighted by Gasteiger charge is -2.13. The summed E-state index contributed by atoms with van der Waals surface area (Å²) < 4.78 is 17.6. The molecule has 3 amide bonds. The molecule has 1 aliphatic carbocycles. The number of benzene rings is 5. The second-order valence-electron chi connectivity index (χ2n) is 17.7. The number of carbonyl (C=O) groups excluding carboxylic acids is 2. The van der Waals surface area contributed by atoms with Crippen LogP contribution in [-0.4, -0.2) is 58.7 Å². The van der Waals surface area contributed by atoms with E-state index in [0.717, 1.165) is 91.1 Å². The van der Waals surface area contributed by atoms with Crippen LogP contribution < -0.4 is 26.6 Å². The van der Waals surface area contributed by atoms with Gasteiger partial charge in [-0.25, -0.2) is 29.1 Å². The molecular weight excluding hydrogens is 880 g/mol. The smallest absolute Gasteiger partial charge is 0.318 e. The molecule has 1 fully saturated rings. The summed E-state index contributed by atoms with van der Waals surface area (Å²) in [4.78, 5) is 47.5. The van der Waals surface area contributed by atoms with Crippen molar-refractivity contribution in [2.75, 3.05) is 23.0 Å². The Morgan fingerprint density at radius 2 is 1.17 bits per heavy atom. The van der Waals surface area contributed by atoms with E-state index in [1.54, 1.807) is 25.4 Å². The molecule has 1 saturated carbocycles. The fourth-order valence-electron chi connectivity index (χ4n) is 8.30. The number of hydrogen-bond acceptors (Lipinski definition) is 9. The van der Waals surface area contributed by atoms with E-state index in [-0.39, 0.29) is 17.8 Å². The molecule has 5 aromatic heterocycles. The second kappa shape index (κ2) is 19.1. The van der Waals surface area contributed by atoms with Crippen molar-refractivity contribution < 1.29 is 14.0 Å². The highest BCUT2D eigenvalue weighted by Gasteiger charge is 2.24. The fourth-order valence-corrected chi connectivity index (χ4v) is 8.30. The summed E-state index contributed by atoms with van der Waals surface area (Å²) in [6.45, 7) is 9.44. The molecule has 0 atom stereocenters. The minimum absolute atomic E-state index is 0.0140. The predicted molar refractivity (Wildman–Crippen MR) is 275 cm³/mol. The molecule has 0 saturated heterocycles. The number of nitrogens with one attached hydrogen (secondary N) is 5. The average molecular weight is 931 g/mol. The number of amides is 3. The summed E-state index contributed by atoms with van der Waals surface area (Å²) in [6.07, 6.45) is 9.46. The molecule has 5 heterocycles. The van der Waals surface area contributed by atoms with Gasteiger partial charge in [0, 0.05) is 61.0 Å². The van der Waals surface area contributed by atoms with Crippen LogP contribution in [0.1, 0.15) is 56.6 Å². The van der Waals surface area contributed by atoms with Crippen molar-refractivity contribution in [2.24, 2.45) is 0 Å². The number of aryl methyl sites for hydroxylation is 4. The average Bonchev–Trinajstić information content (AvgIpc) is 3.89. The van der Waals surface area contributed by atoms with E-state index >= 15 is 0 Å². The van der Waals surface area contributed by atoms with Gasteiger partial charge in [0.05, 0.1) is 45.8 Å². The third-order valence-corrected chi connectivity index (χ3v) is 12.7. The molecule has 15 heteroatoms. The van der Waals surface area contributed by atoms with E-state index < -0.39 is 0 Å². The molecular formula is C55H51FN12O2. The summed E-state index contributed by atoms with van der Waals surface area (Å²) in [7, 11) is 1.58. The lowest BCUT2D eigenvalue weighted by atomic mass is 10.1. The zero-order valence-electron chi connectivity index (χ0n) is 39.4. The Labute approximate surface area is 403 Å². The highest BCUT2D eigenvalue weighted by Crippen LogP contribution is 2.33. The summed E-state index contributed by atoms with van der Waals surface area (Å²) in [5, 5.41) is 15.2. The van der Waals surface area contributed by atoms with Gasteiger partial charge in [0.15, 0.2) is 22.9 Å². The molecule has 350 valence electrons. The molecule has 14 nitrogen and oxygen atoms in total. The van der Waals surface area contributed by atoms with Crippen LogP contribution >= 0.6 is 0 Å². The first kappa shape index (κ1) is 45.1. The molecule has 70 heavy (non-hydrogen) atoms. The van der Waals surface area contributed by atoms with Crippen LogP contribution in [0.5, 0.6) is 0 Å². The topological polar surface area (TPSA) is 168 Å². The predicted octanol–water partition coefficient (Wildman–Crippen LogP) is 10.7. The number of fused-ring (bicyclic) bond motifs is 6. The number of rotatable bonds is 11. The molecule has 0 bridgehead atoms. The Kier molecular flexibility index (Phi) is 12.3. The van der Waals surface area contributed by atoms with Gasteiger partial charge in [-0.3, -0.25) is 18.6 Å². The van der Waals surface area contributed by atoms with Gasteiger partial charge in [0.25, 0.3) is 5.91 Å². The van der Waals surface area contributed by atoms with Gasteiger partial charge < -0.3 is 26.6 Å². The third-order valence-electron chi connectivity index (χ3n) is 12.7. The number of anilines is 3. The maximum atomic E-state index is 13.3. The molecule has 0 spiro atoms. The molecule has 0 aliphatic heterocycles. The lowest BCUT2D eigenvalue weighted by Crippen LogP contribution is -2.25. The number of halogens is 1. The van der Waals surface area contributed by atoms with Gasteiger partial charge in [-0.1, -0.05) is 42.5 Å². The Bertz CT molecular complexity index is 3570. The van der Waals surface area contributed by atoms with Gasteiger partial charge in [0.1, 0.15) is 5.82 Å². The van der Waals surface area contributed by atoms with Crippen molar-refractivity contribution in [3.05, 3.63) is 179 Å². The zero-order valence-corrected chi connectivity index (χ0v) is 39.4. The highest BCUT2D eigenvalue weighted by molar-refractivity contribution is 5.95. The largest absolute Gasteiger partial charge is 0.363 e. The van der Waals surface area contributed by atoms with E-state index in [0.29, 0.717) is 41.8 Å². The van der Waals surface area contributed by atoms with E-state index in [4.69, 9.17) is 19.9 Å². The van der Waals surface area contributed by atoms with Gasteiger partial charge in [0.2, 0.25) is 0 Å². The number of nitrogens with zero attached hydrogens (tertiary/aromatic N) is 7. The Morgan fingerprint density at radius 3 is 1.69 bits per heavy atom. The van der Waals surface area contributed by atoms with Crippen molar-refractivity contribution >= 4 is 62.6 Å². The standard InChI is InChI=1S/C28H26N6O.C27H25FN6O/c1-17-12-23-24(13-18(17)2)34-25(20-5-7-21(8-6-20)28(35)32-22-9-10-22)16-31-27(34)26(33-23)30-15-19-4-3-11-29-14-19;1-16-12-22-23(13-17(16)2)34-24(19-6-10-21(11-7-19)32-27(35)29-3)15-31-26(34)25(33-22)30-14-18-4-8-20(28)9-5-18/h3-8,11-14,16,22H,9-10,15H2,1-2H3,(H,30,33)(H,32,35);4-13,15H,14H2,1-3H3,(H,30,33)(H2,29,32,35). The van der Waals surface area contributed by atoms with Crippen LogP contribution in [0.25, 0.3) is 55.9 Å². The van der Waals surface area contributed by atoms with Gasteiger partial charge >= 0.3 is 6.03 Å². The molecule has 0 unspecified atom stereocenters. The van der Waals surface area contributed by atoms with E-state index in [2.05, 4.69) is 92.3 Å². The van der Waals surface area contributed by atoms with Crippen molar-refractivity contribution in [1.82, 2.24) is 44.4 Å². The Balaban J connectivity index is 0.000000162. The number of imidazole rings is 2. The van der Waals surface area contributed by atoms with Crippen LogP contribution in [0.15, 0.2) is 134 Å². The maximum absolute atomic E-state index is 13.3. The van der Waals surface area contributed by atoms with Crippen LogP contribution in [0.4, 0.5) is 26.5 Å². The summed E-state index contributed by atoms with van der Waals surface area (Å²) in [5.41, 5.74) is 17.0. The zero-order chi connectivity index (χ0) is 48.5. The van der Waals surface area contributed by atoms with E-state index in [1.807, 2.05) is 79.3 Å². The minimum Gasteiger partial charge on any atom is -0.363 e. The summed E-state index contributed by atoms with van der Waals surface area (Å²) in [5.74, 6) is 1.09. The number of hydrogen-bond donors (Lipinski definition) is 5. The Hall–Kier alpha value is -8.72. The molecule has 0 radical (unpaired) electrons. The quantitative estimate of drug-likeness (QED) is 0.0848. The highest BCUT2D eigenvalue weighted by atomic mass is 19.1. The van der Waals surface area contributed by atoms with Gasteiger partial charge in [-0.2, -0.15) is 0 Å². The SMILES string of the molecule is CNC(=O)Nc1ccc(-c2cnc3c(NCc4ccc(F)cc4)nc4cc(C)c(C)cc4n23)cc1.Cc1cc2nc(NCc3cccnc3)c3ncc(-c4ccc(C(=O)NC5CC5)cc4)n3c2cc1C. The molecule has 5 aromatic carbocycles. The van der Waals surface area contributed by atoms with E-state index in [1.165, 1.54) is 23.3 Å². The van der Waals surface area contributed by atoms with Crippen LogP contribution in [0.3, 0.4) is 0 Å². The van der Waals surface area contributed by atoms with Crippen LogP contribution in [0, 0.1) is 33.5 Å². The van der Waals surface area contributed by atoms with E-state index in [9.17, 15) is 14.0 Å². The number of pyridine rings is 1. The minimum atomic E-state index is -0.271. The molecule has 1 aliphatic rings. The first-order chi connectivity index (χ1) is 34.0. The number of urea groups is 1. The van der Waals surface area contributed by atoms with Crippen LogP contribution in [-0.2, 0) is 13.1 Å². The first-order valence-electron chi connectivity index (χ1n) is 23.2. The maximum Gasteiger partial charge on any atom is 0.318 e. The lowest BCUT2D eigenvalue weighted by molar-refractivity contribution is 0.0951. The Morgan fingerprint density at radius 1 is 0.643 bits per heavy atom. The van der Waals surface area contributed by atoms with Gasteiger partial charge in [-0.15, -0.1) is 0 Å². The number of carbonyl (C=O) groups is 2. The van der Waals surface area contributed by atoms with Crippen molar-refractivity contribution in [3.63, 3.8) is 0 Å². The van der Waals surface area contributed by atoms with Crippen LogP contribution in [0.2, 0.25) is 0 Å². The monoisotopic (exact) mass is 930 g/mol. The first-order valence-corrected chi connectivity index (χ1v) is 23.2. The fraction of sp³-hybridized carbons (Fsp3) is 0.182. The summed E-state index contributed by atoms with van der Waals surface area (Å²) in [6, 6.07) is 34.3. The van der Waals surface area contributed by atoms with Crippen molar-refractivity contribution in [1.29, 1.82) is 0 Å². The van der Waals surface area contributed by atoms with Crippen molar-refractivity contribution in [3.8, 4) is 22.5 Å². The van der Waals surface area contributed by atoms with Gasteiger partial charge in [-0.05, 0) is 141 Å². The molecule has 5 N–H and O–H groups in total. The molecule has 11 rings (SSSR count). The van der Waals surface area contributed by atoms with Crippen molar-refractivity contribution in [2.45, 2.75) is 59.7 Å². The normalized spacial score (nSPS) is 12.2. The molecule has 10 aromatic rings. The number of aromatic nitrogens is 7. The second-order valence-corrected chi connectivity index (χ2v) is 17.7. The third kappa shape index (κ3) is 9.41. The summed E-state index contributed by atoms with van der Waals surface area (Å²) >= 11 is 0.